The summed E-state index contributed by atoms with van der Waals surface area (Å²) in [5.41, 5.74) is 0.914. The average molecular weight is 365 g/mol. The smallest absolute Gasteiger partial charge is 0.200 e. The summed E-state index contributed by atoms with van der Waals surface area (Å²) in [6.45, 7) is 4.44. The zero-order valence-corrected chi connectivity index (χ0v) is 16.4. The SMILES string of the molecule is CCCC1CCC(C2CCC(c3cc(F)c(F)c(OCC)c3)CC2)CC1. The maximum atomic E-state index is 13.9. The van der Waals surface area contributed by atoms with Crippen molar-refractivity contribution < 1.29 is 13.5 Å². The highest BCUT2D eigenvalue weighted by Gasteiger charge is 2.31. The largest absolute Gasteiger partial charge is 0.491 e. The molecule has 3 rings (SSSR count). The van der Waals surface area contributed by atoms with E-state index in [0.29, 0.717) is 12.5 Å². The Morgan fingerprint density at radius 3 is 2.08 bits per heavy atom. The molecule has 0 aromatic heterocycles. The minimum absolute atomic E-state index is 0.0684. The molecule has 0 aliphatic heterocycles. The van der Waals surface area contributed by atoms with Crippen molar-refractivity contribution in [1.82, 2.24) is 0 Å². The second-order valence-corrected chi connectivity index (χ2v) is 8.43. The van der Waals surface area contributed by atoms with Crippen LogP contribution < -0.4 is 4.74 Å². The molecule has 1 aromatic carbocycles. The molecule has 0 bridgehead atoms. The molecule has 0 spiro atoms. The van der Waals surface area contributed by atoms with Gasteiger partial charge in [-0.2, -0.15) is 4.39 Å². The fourth-order valence-electron chi connectivity index (χ4n) is 5.36. The highest BCUT2D eigenvalue weighted by atomic mass is 19.2. The second-order valence-electron chi connectivity index (χ2n) is 8.43. The summed E-state index contributed by atoms with van der Waals surface area (Å²) < 4.78 is 33.0. The molecule has 2 saturated carbocycles. The lowest BCUT2D eigenvalue weighted by Gasteiger charge is -2.38. The fraction of sp³-hybridized carbons (Fsp3) is 0.739. The first kappa shape index (κ1) is 19.6. The molecular formula is C23H34F2O. The molecule has 2 aliphatic rings. The number of hydrogen-bond donors (Lipinski definition) is 0. The summed E-state index contributed by atoms with van der Waals surface area (Å²) in [5.74, 6) is 1.48. The lowest BCUT2D eigenvalue weighted by Crippen LogP contribution is -2.25. The molecule has 0 amide bonds. The quantitative estimate of drug-likeness (QED) is 0.517. The van der Waals surface area contributed by atoms with E-state index in [1.807, 2.05) is 0 Å². The van der Waals surface area contributed by atoms with Gasteiger partial charge in [-0.1, -0.05) is 32.6 Å². The van der Waals surface area contributed by atoms with Gasteiger partial charge in [-0.05, 0) is 86.8 Å². The summed E-state index contributed by atoms with van der Waals surface area (Å²) in [5, 5.41) is 0. The Hall–Kier alpha value is -1.12. The number of ether oxygens (including phenoxy) is 1. The summed E-state index contributed by atoms with van der Waals surface area (Å²) in [7, 11) is 0. The van der Waals surface area contributed by atoms with Crippen molar-refractivity contribution in [2.75, 3.05) is 6.61 Å². The zero-order chi connectivity index (χ0) is 18.5. The first-order chi connectivity index (χ1) is 12.6. The van der Waals surface area contributed by atoms with Gasteiger partial charge < -0.3 is 4.74 Å². The van der Waals surface area contributed by atoms with Gasteiger partial charge in [0, 0.05) is 0 Å². The first-order valence-corrected chi connectivity index (χ1v) is 10.7. The summed E-state index contributed by atoms with van der Waals surface area (Å²) in [4.78, 5) is 0. The van der Waals surface area contributed by atoms with Crippen molar-refractivity contribution >= 4 is 0 Å². The molecule has 1 nitrogen and oxygen atoms in total. The van der Waals surface area contributed by atoms with Crippen molar-refractivity contribution in [3.8, 4) is 5.75 Å². The Morgan fingerprint density at radius 1 is 0.885 bits per heavy atom. The highest BCUT2D eigenvalue weighted by molar-refractivity contribution is 5.34. The van der Waals surface area contributed by atoms with Gasteiger partial charge in [-0.3, -0.25) is 0 Å². The van der Waals surface area contributed by atoms with Gasteiger partial charge in [0.1, 0.15) is 0 Å². The van der Waals surface area contributed by atoms with Gasteiger partial charge in [0.25, 0.3) is 0 Å². The number of hydrogen-bond acceptors (Lipinski definition) is 1. The minimum atomic E-state index is -0.854. The monoisotopic (exact) mass is 364 g/mol. The normalized spacial score (nSPS) is 29.5. The van der Waals surface area contributed by atoms with Crippen molar-refractivity contribution in [3.05, 3.63) is 29.3 Å². The average Bonchev–Trinajstić information content (AvgIpc) is 2.66. The van der Waals surface area contributed by atoms with Gasteiger partial charge in [-0.25, -0.2) is 4.39 Å². The molecule has 2 aliphatic carbocycles. The predicted molar refractivity (Wildman–Crippen MR) is 103 cm³/mol. The van der Waals surface area contributed by atoms with E-state index in [4.69, 9.17) is 4.74 Å². The molecule has 26 heavy (non-hydrogen) atoms. The van der Waals surface area contributed by atoms with Crippen LogP contribution in [0.15, 0.2) is 12.1 Å². The standard InChI is InChI=1S/C23H34F2O/c1-3-5-16-6-8-17(9-7-16)18-10-12-19(13-11-18)20-14-21(24)23(25)22(15-20)26-4-2/h14-19H,3-13H2,1-2H3. The van der Waals surface area contributed by atoms with Crippen LogP contribution in [-0.4, -0.2) is 6.61 Å². The fourth-order valence-corrected chi connectivity index (χ4v) is 5.36. The molecule has 2 fully saturated rings. The van der Waals surface area contributed by atoms with Crippen LogP contribution in [0.1, 0.15) is 89.5 Å². The maximum Gasteiger partial charge on any atom is 0.200 e. The highest BCUT2D eigenvalue weighted by Crippen LogP contribution is 2.45. The van der Waals surface area contributed by atoms with Crippen LogP contribution in [-0.2, 0) is 0 Å². The molecule has 0 unspecified atom stereocenters. The van der Waals surface area contributed by atoms with E-state index in [1.165, 1.54) is 57.4 Å². The summed E-state index contributed by atoms with van der Waals surface area (Å²) >= 11 is 0. The van der Waals surface area contributed by atoms with Gasteiger partial charge in [-0.15, -0.1) is 0 Å². The van der Waals surface area contributed by atoms with E-state index in [0.717, 1.165) is 36.2 Å². The van der Waals surface area contributed by atoms with Crippen LogP contribution in [0.5, 0.6) is 5.75 Å². The molecule has 0 saturated heterocycles. The Labute approximate surface area is 157 Å². The van der Waals surface area contributed by atoms with Crippen LogP contribution in [0.3, 0.4) is 0 Å². The number of rotatable bonds is 6. The van der Waals surface area contributed by atoms with Crippen LogP contribution in [0.25, 0.3) is 0 Å². The Balaban J connectivity index is 1.56. The van der Waals surface area contributed by atoms with Crippen LogP contribution in [0.4, 0.5) is 8.78 Å². The third-order valence-electron chi connectivity index (χ3n) is 6.82. The van der Waals surface area contributed by atoms with Gasteiger partial charge in [0.2, 0.25) is 5.82 Å². The number of benzene rings is 1. The van der Waals surface area contributed by atoms with Crippen LogP contribution >= 0.6 is 0 Å². The zero-order valence-electron chi connectivity index (χ0n) is 16.4. The van der Waals surface area contributed by atoms with Gasteiger partial charge in [0.05, 0.1) is 6.61 Å². The molecule has 0 heterocycles. The molecule has 1 aromatic rings. The van der Waals surface area contributed by atoms with Crippen molar-refractivity contribution in [1.29, 1.82) is 0 Å². The molecular weight excluding hydrogens is 330 g/mol. The van der Waals surface area contributed by atoms with Crippen LogP contribution in [0, 0.1) is 29.4 Å². The molecule has 146 valence electrons. The Bertz CT molecular complexity index is 570. The third-order valence-corrected chi connectivity index (χ3v) is 6.82. The minimum Gasteiger partial charge on any atom is -0.491 e. The molecule has 3 heteroatoms. The van der Waals surface area contributed by atoms with E-state index in [1.54, 1.807) is 13.0 Å². The molecule has 0 radical (unpaired) electrons. The lowest BCUT2D eigenvalue weighted by atomic mass is 9.68. The van der Waals surface area contributed by atoms with E-state index in [2.05, 4.69) is 6.92 Å². The third kappa shape index (κ3) is 4.58. The predicted octanol–water partition coefficient (Wildman–Crippen LogP) is 7.24. The number of halogens is 2. The summed E-state index contributed by atoms with van der Waals surface area (Å²) in [6.07, 6.45) is 13.0. The Morgan fingerprint density at radius 2 is 1.50 bits per heavy atom. The van der Waals surface area contributed by atoms with E-state index >= 15 is 0 Å². The molecule has 0 N–H and O–H groups in total. The Kier molecular flexibility index (Phi) is 6.94. The van der Waals surface area contributed by atoms with Crippen molar-refractivity contribution in [2.24, 2.45) is 17.8 Å². The van der Waals surface area contributed by atoms with E-state index in [9.17, 15) is 8.78 Å². The van der Waals surface area contributed by atoms with E-state index < -0.39 is 11.6 Å². The lowest BCUT2D eigenvalue weighted by molar-refractivity contribution is 0.156. The van der Waals surface area contributed by atoms with Crippen molar-refractivity contribution in [2.45, 2.75) is 84.0 Å². The van der Waals surface area contributed by atoms with Gasteiger partial charge >= 0.3 is 0 Å². The second kappa shape index (κ2) is 9.19. The van der Waals surface area contributed by atoms with Crippen molar-refractivity contribution in [3.63, 3.8) is 0 Å². The maximum absolute atomic E-state index is 13.9. The summed E-state index contributed by atoms with van der Waals surface area (Å²) in [6, 6.07) is 3.11. The van der Waals surface area contributed by atoms with E-state index in [-0.39, 0.29) is 5.75 Å². The van der Waals surface area contributed by atoms with Crippen LogP contribution in [0.2, 0.25) is 0 Å². The van der Waals surface area contributed by atoms with Gasteiger partial charge in [0.15, 0.2) is 11.6 Å². The topological polar surface area (TPSA) is 9.23 Å². The molecule has 0 atom stereocenters. The first-order valence-electron chi connectivity index (χ1n) is 10.7.